The molecular weight excluding hydrogens is 222 g/mol. The predicted molar refractivity (Wildman–Crippen MR) is 73.3 cm³/mol. The third kappa shape index (κ3) is 3.47. The van der Waals surface area contributed by atoms with Crippen LogP contribution in [-0.4, -0.2) is 16.3 Å². The van der Waals surface area contributed by atoms with Gasteiger partial charge in [-0.3, -0.25) is 0 Å². The smallest absolute Gasteiger partial charge is 0.0766 e. The minimum absolute atomic E-state index is 0.782. The molecule has 0 saturated heterocycles. The first-order valence-corrected chi connectivity index (χ1v) is 6.14. The van der Waals surface area contributed by atoms with E-state index in [0.717, 1.165) is 37.3 Å². The van der Waals surface area contributed by atoms with Crippen molar-refractivity contribution in [2.24, 2.45) is 0 Å². The zero-order valence-electron chi connectivity index (χ0n) is 10.3. The van der Waals surface area contributed by atoms with Gasteiger partial charge in [-0.1, -0.05) is 18.2 Å². The molecule has 18 heavy (non-hydrogen) atoms. The van der Waals surface area contributed by atoms with Gasteiger partial charge in [-0.25, -0.2) is 4.68 Å². The Kier molecular flexibility index (Phi) is 4.57. The largest absolute Gasteiger partial charge is 0.311 e. The highest BCUT2D eigenvalue weighted by Crippen LogP contribution is 2.06. The molecule has 0 unspecified atom stereocenters. The Labute approximate surface area is 108 Å². The van der Waals surface area contributed by atoms with Crippen LogP contribution in [-0.2, 0) is 6.54 Å². The molecule has 1 aromatic heterocycles. The Morgan fingerprint density at radius 2 is 2.06 bits per heavy atom. The summed E-state index contributed by atoms with van der Waals surface area (Å²) in [6.07, 6.45) is 9.01. The zero-order valence-corrected chi connectivity index (χ0v) is 10.3. The fourth-order valence-electron chi connectivity index (χ4n) is 1.71. The second kappa shape index (κ2) is 6.63. The van der Waals surface area contributed by atoms with Gasteiger partial charge in [0.15, 0.2) is 0 Å². The minimum Gasteiger partial charge on any atom is -0.311 e. The predicted octanol–water partition coefficient (Wildman–Crippen LogP) is 2.38. The van der Waals surface area contributed by atoms with Crippen LogP contribution < -0.4 is 5.32 Å². The Morgan fingerprint density at radius 1 is 1.22 bits per heavy atom. The summed E-state index contributed by atoms with van der Waals surface area (Å²) in [4.78, 5) is 0. The van der Waals surface area contributed by atoms with Crippen LogP contribution in [0.5, 0.6) is 0 Å². The summed E-state index contributed by atoms with van der Waals surface area (Å²) in [5, 5.41) is 7.84. The lowest BCUT2D eigenvalue weighted by Crippen LogP contribution is -2.15. The molecule has 2 rings (SSSR count). The van der Waals surface area contributed by atoms with Gasteiger partial charge in [0.1, 0.15) is 0 Å². The highest BCUT2D eigenvalue weighted by Gasteiger charge is 1.99. The van der Waals surface area contributed by atoms with Gasteiger partial charge in [-0.15, -0.1) is 12.3 Å². The van der Waals surface area contributed by atoms with E-state index < -0.39 is 0 Å². The summed E-state index contributed by atoms with van der Waals surface area (Å²) in [7, 11) is 0. The van der Waals surface area contributed by atoms with Crippen molar-refractivity contribution in [3.63, 3.8) is 0 Å². The van der Waals surface area contributed by atoms with E-state index in [9.17, 15) is 0 Å². The van der Waals surface area contributed by atoms with Gasteiger partial charge in [-0.2, -0.15) is 5.10 Å². The van der Waals surface area contributed by atoms with Crippen LogP contribution in [0.25, 0.3) is 5.69 Å². The molecule has 0 spiro atoms. The molecule has 92 valence electrons. The Balaban J connectivity index is 1.86. The van der Waals surface area contributed by atoms with E-state index in [4.69, 9.17) is 6.42 Å². The third-order valence-corrected chi connectivity index (χ3v) is 2.65. The Hall–Kier alpha value is -2.05. The summed E-state index contributed by atoms with van der Waals surface area (Å²) in [6.45, 7) is 1.72. The van der Waals surface area contributed by atoms with Crippen LogP contribution in [0.15, 0.2) is 42.6 Å². The number of para-hydroxylation sites is 1. The monoisotopic (exact) mass is 239 g/mol. The van der Waals surface area contributed by atoms with Crippen LogP contribution in [0.4, 0.5) is 0 Å². The standard InChI is InChI=1S/C15H17N3/c1-2-3-7-11-16-13-14-10-12-18(17-14)15-8-5-4-6-9-15/h1,4-6,8-10,12,16H,3,7,11,13H2. The number of unbranched alkanes of at least 4 members (excludes halogenated alkanes) is 1. The normalized spacial score (nSPS) is 10.2. The average Bonchev–Trinajstić information content (AvgIpc) is 2.88. The van der Waals surface area contributed by atoms with Crippen LogP contribution in [0.1, 0.15) is 18.5 Å². The van der Waals surface area contributed by atoms with Crippen molar-refractivity contribution in [3.8, 4) is 18.0 Å². The lowest BCUT2D eigenvalue weighted by Gasteiger charge is -2.01. The van der Waals surface area contributed by atoms with Crippen LogP contribution in [0.2, 0.25) is 0 Å². The SMILES string of the molecule is C#CCCCNCc1ccn(-c2ccccc2)n1. The van der Waals surface area contributed by atoms with Crippen LogP contribution in [0.3, 0.4) is 0 Å². The molecule has 1 heterocycles. The number of rotatable bonds is 6. The van der Waals surface area contributed by atoms with E-state index in [-0.39, 0.29) is 0 Å². The van der Waals surface area contributed by atoms with Crippen molar-refractivity contribution >= 4 is 0 Å². The highest BCUT2D eigenvalue weighted by molar-refractivity contribution is 5.30. The second-order valence-electron chi connectivity index (χ2n) is 4.07. The second-order valence-corrected chi connectivity index (χ2v) is 4.07. The summed E-state index contributed by atoms with van der Waals surface area (Å²) >= 11 is 0. The molecule has 0 bridgehead atoms. The molecule has 0 fully saturated rings. The quantitative estimate of drug-likeness (QED) is 0.619. The molecule has 0 atom stereocenters. The van der Waals surface area contributed by atoms with Crippen molar-refractivity contribution in [2.45, 2.75) is 19.4 Å². The molecule has 2 aromatic rings. The van der Waals surface area contributed by atoms with E-state index in [0.29, 0.717) is 0 Å². The van der Waals surface area contributed by atoms with Gasteiger partial charge in [0.25, 0.3) is 0 Å². The van der Waals surface area contributed by atoms with E-state index in [1.54, 1.807) is 0 Å². The molecule has 1 N–H and O–H groups in total. The molecule has 3 nitrogen and oxygen atoms in total. The molecule has 3 heteroatoms. The number of aromatic nitrogens is 2. The van der Waals surface area contributed by atoms with Crippen LogP contribution in [0, 0.1) is 12.3 Å². The first-order valence-electron chi connectivity index (χ1n) is 6.14. The first kappa shape index (κ1) is 12.4. The number of hydrogen-bond acceptors (Lipinski definition) is 2. The first-order chi connectivity index (χ1) is 8.90. The topological polar surface area (TPSA) is 29.9 Å². The Bertz CT molecular complexity index is 508. The third-order valence-electron chi connectivity index (χ3n) is 2.65. The fraction of sp³-hybridized carbons (Fsp3) is 0.267. The van der Waals surface area contributed by atoms with E-state index >= 15 is 0 Å². The maximum Gasteiger partial charge on any atom is 0.0766 e. The zero-order chi connectivity index (χ0) is 12.6. The van der Waals surface area contributed by atoms with Crippen molar-refractivity contribution in [2.75, 3.05) is 6.54 Å². The number of nitrogens with one attached hydrogen (secondary N) is 1. The van der Waals surface area contributed by atoms with Gasteiger partial charge >= 0.3 is 0 Å². The number of terminal acetylenes is 1. The maximum atomic E-state index is 5.20. The van der Waals surface area contributed by atoms with E-state index in [2.05, 4.69) is 16.3 Å². The summed E-state index contributed by atoms with van der Waals surface area (Å²) in [5.74, 6) is 2.63. The summed E-state index contributed by atoms with van der Waals surface area (Å²) in [5.41, 5.74) is 2.12. The van der Waals surface area contributed by atoms with Gasteiger partial charge < -0.3 is 5.32 Å². The molecule has 0 radical (unpaired) electrons. The molecule has 1 aromatic carbocycles. The van der Waals surface area contributed by atoms with E-state index in [1.165, 1.54) is 0 Å². The number of benzene rings is 1. The molecule has 0 aliphatic carbocycles. The number of hydrogen-bond donors (Lipinski definition) is 1. The van der Waals surface area contributed by atoms with Gasteiger partial charge in [0.05, 0.1) is 11.4 Å². The molecule has 0 aliphatic heterocycles. The van der Waals surface area contributed by atoms with Crippen molar-refractivity contribution < 1.29 is 0 Å². The van der Waals surface area contributed by atoms with Crippen molar-refractivity contribution in [1.82, 2.24) is 15.1 Å². The minimum atomic E-state index is 0.782. The fourth-order valence-corrected chi connectivity index (χ4v) is 1.71. The summed E-state index contributed by atoms with van der Waals surface area (Å²) in [6, 6.07) is 12.1. The van der Waals surface area contributed by atoms with Gasteiger partial charge in [0.2, 0.25) is 0 Å². The van der Waals surface area contributed by atoms with Crippen molar-refractivity contribution in [3.05, 3.63) is 48.3 Å². The van der Waals surface area contributed by atoms with Crippen LogP contribution >= 0.6 is 0 Å². The van der Waals surface area contributed by atoms with E-state index in [1.807, 2.05) is 47.3 Å². The molecule has 0 aliphatic rings. The molecule has 0 saturated carbocycles. The van der Waals surface area contributed by atoms with Gasteiger partial charge in [-0.05, 0) is 31.2 Å². The summed E-state index contributed by atoms with van der Waals surface area (Å²) < 4.78 is 1.89. The maximum absolute atomic E-state index is 5.20. The average molecular weight is 239 g/mol. The lowest BCUT2D eigenvalue weighted by atomic mass is 10.3. The lowest BCUT2D eigenvalue weighted by molar-refractivity contribution is 0.643. The van der Waals surface area contributed by atoms with Crippen molar-refractivity contribution in [1.29, 1.82) is 0 Å². The molecule has 0 amide bonds. The van der Waals surface area contributed by atoms with Gasteiger partial charge in [0, 0.05) is 19.2 Å². The molecular formula is C15H17N3. The number of nitrogens with zero attached hydrogens (tertiary/aromatic N) is 2. The Morgan fingerprint density at radius 3 is 2.83 bits per heavy atom. The highest BCUT2D eigenvalue weighted by atomic mass is 15.3.